The van der Waals surface area contributed by atoms with Gasteiger partial charge in [-0.25, -0.2) is 0 Å². The van der Waals surface area contributed by atoms with Gasteiger partial charge in [-0.1, -0.05) is 0 Å². The molecule has 0 fully saturated rings. The van der Waals surface area contributed by atoms with Crippen molar-refractivity contribution in [3.63, 3.8) is 0 Å². The SMILES string of the molecule is N[C@@H](CC(=O)[O-])C(=O)[O-].N[C@@H](CC(=O)[O-])C(=O)[O-].N[C@@H](CC(=O)[O-])C(=O)[O-].[K].[K].[Mg].[Mg]. The van der Waals surface area contributed by atoms with E-state index in [0.717, 1.165) is 0 Å². The van der Waals surface area contributed by atoms with Crippen LogP contribution in [0.3, 0.4) is 0 Å². The standard InChI is InChI=1S/3C4H7NO4.2K.2Mg/c3*5-2(4(8)9)1-3(6)7;;;;/h3*2H,1,5H2,(H,6,7)(H,8,9);;;;/p-6/t3*2-;;;;/m000..../s1. The summed E-state index contributed by atoms with van der Waals surface area (Å²) in [5.41, 5.74) is 14.2. The molecule has 15 nitrogen and oxygen atoms in total. The maximum atomic E-state index is 9.71. The molecule has 0 aliphatic carbocycles. The minimum atomic E-state index is -1.58. The molecule has 0 unspecified atom stereocenters. The van der Waals surface area contributed by atoms with Crippen molar-refractivity contribution >= 4 is 185 Å². The third-order valence-corrected chi connectivity index (χ3v) is 2.07. The van der Waals surface area contributed by atoms with Crippen LogP contribution in [0.15, 0.2) is 0 Å². The fourth-order valence-electron chi connectivity index (χ4n) is 0.789. The fourth-order valence-corrected chi connectivity index (χ4v) is 0.789. The van der Waals surface area contributed by atoms with E-state index in [4.69, 9.17) is 17.2 Å². The Kier molecular flexibility index (Phi) is 47.3. The molecule has 0 rings (SSSR count). The minimum absolute atomic E-state index is 0. The van der Waals surface area contributed by atoms with Crippen LogP contribution in [-0.4, -0.2) is 203 Å². The molecule has 0 aliphatic rings. The molecule has 3 atom stereocenters. The van der Waals surface area contributed by atoms with E-state index in [-0.39, 0.29) is 149 Å². The van der Waals surface area contributed by atoms with Crippen LogP contribution in [0, 0.1) is 0 Å². The van der Waals surface area contributed by atoms with Gasteiger partial charge in [-0.3, -0.25) is 0 Å². The topological polar surface area (TPSA) is 319 Å². The van der Waals surface area contributed by atoms with E-state index in [9.17, 15) is 59.4 Å². The first-order chi connectivity index (χ1) is 12.1. The smallest absolute Gasteiger partial charge is 0.0586 e. The van der Waals surface area contributed by atoms with Gasteiger partial charge < -0.3 is 76.6 Å². The van der Waals surface area contributed by atoms with Crippen molar-refractivity contribution in [2.24, 2.45) is 17.2 Å². The summed E-state index contributed by atoms with van der Waals surface area (Å²) in [6.07, 6.45) is -2.12. The number of carbonyl (C=O) groups excluding carboxylic acids is 6. The first-order valence-electron chi connectivity index (χ1n) is 6.60. The van der Waals surface area contributed by atoms with Crippen LogP contribution in [0.5, 0.6) is 0 Å². The van der Waals surface area contributed by atoms with E-state index in [0.29, 0.717) is 0 Å². The molecule has 162 valence electrons. The Hall–Kier alpha value is 1.51. The van der Waals surface area contributed by atoms with E-state index in [1.165, 1.54) is 0 Å². The third kappa shape index (κ3) is 42.2. The Balaban J connectivity index is -0.0000000524. The number of nitrogens with two attached hydrogens (primary N) is 3. The summed E-state index contributed by atoms with van der Waals surface area (Å²) in [7, 11) is 0. The average Bonchev–Trinajstić information content (AvgIpc) is 2.46. The number of hydrogen-bond donors (Lipinski definition) is 3. The normalized spacial score (nSPS) is 10.9. The van der Waals surface area contributed by atoms with Gasteiger partial charge in [0, 0.05) is 204 Å². The van der Waals surface area contributed by atoms with Crippen LogP contribution >= 0.6 is 0 Å². The molecule has 0 aliphatic heterocycles. The summed E-state index contributed by atoms with van der Waals surface area (Å²) in [5, 5.41) is 58.0. The van der Waals surface area contributed by atoms with Crippen molar-refractivity contribution in [3.05, 3.63) is 0 Å². The third-order valence-electron chi connectivity index (χ3n) is 2.07. The largest absolute Gasteiger partial charge is 0.550 e. The number of carbonyl (C=O) groups is 6. The monoisotopic (exact) mass is 519 g/mol. The van der Waals surface area contributed by atoms with Gasteiger partial charge in [0.15, 0.2) is 0 Å². The van der Waals surface area contributed by atoms with Gasteiger partial charge in [-0.2, -0.15) is 0 Å². The molecule has 0 aromatic rings. The van der Waals surface area contributed by atoms with Crippen LogP contribution in [0.25, 0.3) is 0 Å². The van der Waals surface area contributed by atoms with Crippen LogP contribution in [0.2, 0.25) is 0 Å². The number of carboxylic acids is 6. The maximum absolute atomic E-state index is 9.71. The summed E-state index contributed by atoms with van der Waals surface area (Å²) in [6.45, 7) is 0. The summed E-state index contributed by atoms with van der Waals surface area (Å²) in [5.74, 6) is -9.23. The van der Waals surface area contributed by atoms with Gasteiger partial charge in [0.05, 0.1) is 17.9 Å². The maximum Gasteiger partial charge on any atom is 0.0586 e. The second-order valence-corrected chi connectivity index (χ2v) is 4.50. The summed E-state index contributed by atoms with van der Waals surface area (Å²) in [4.78, 5) is 58.0. The second-order valence-electron chi connectivity index (χ2n) is 4.50. The molecule has 0 saturated heterocycles. The molecule has 0 aromatic carbocycles. The van der Waals surface area contributed by atoms with Crippen molar-refractivity contribution in [1.82, 2.24) is 0 Å². The van der Waals surface area contributed by atoms with Crippen LogP contribution in [0.4, 0.5) is 0 Å². The molecule has 0 heterocycles. The van der Waals surface area contributed by atoms with Crippen molar-refractivity contribution in [2.75, 3.05) is 0 Å². The van der Waals surface area contributed by atoms with Crippen LogP contribution < -0.4 is 47.8 Å². The molecule has 0 spiro atoms. The Morgan fingerprint density at radius 3 is 0.645 bits per heavy atom. The van der Waals surface area contributed by atoms with Crippen molar-refractivity contribution in [1.29, 1.82) is 0 Å². The predicted octanol–water partition coefficient (Wildman–Crippen LogP) is -12.9. The molecule has 31 heavy (non-hydrogen) atoms. The van der Waals surface area contributed by atoms with E-state index in [1.54, 1.807) is 0 Å². The van der Waals surface area contributed by atoms with Gasteiger partial charge in [0.1, 0.15) is 0 Å². The van der Waals surface area contributed by atoms with Gasteiger partial charge in [-0.05, 0) is 0 Å². The van der Waals surface area contributed by atoms with E-state index in [2.05, 4.69) is 0 Å². The number of hydrogen-bond acceptors (Lipinski definition) is 15. The fraction of sp³-hybridized carbons (Fsp3) is 0.500. The second kappa shape index (κ2) is 29.5. The Labute approximate surface area is 293 Å². The van der Waals surface area contributed by atoms with Gasteiger partial charge in [0.2, 0.25) is 0 Å². The quantitative estimate of drug-likeness (QED) is 0.238. The zero-order valence-corrected chi connectivity index (χ0v) is 26.0. The Bertz CT molecular complexity index is 495. The number of carboxylic acid groups (broad SMARTS) is 6. The van der Waals surface area contributed by atoms with E-state index in [1.807, 2.05) is 0 Å². The zero-order chi connectivity index (χ0) is 22.3. The molecular formula is C12H15K2Mg2N3O12-6. The minimum Gasteiger partial charge on any atom is -0.550 e. The van der Waals surface area contributed by atoms with Gasteiger partial charge >= 0.3 is 0 Å². The van der Waals surface area contributed by atoms with Crippen molar-refractivity contribution < 1.29 is 59.4 Å². The van der Waals surface area contributed by atoms with E-state index < -0.39 is 73.2 Å². The van der Waals surface area contributed by atoms with Crippen molar-refractivity contribution in [3.8, 4) is 0 Å². The molecule has 0 saturated carbocycles. The average molecular weight is 520 g/mol. The molecule has 6 N–H and O–H groups in total. The van der Waals surface area contributed by atoms with Gasteiger partial charge in [-0.15, -0.1) is 0 Å². The molecule has 0 aromatic heterocycles. The Morgan fingerprint density at radius 2 is 0.613 bits per heavy atom. The number of rotatable bonds is 9. The van der Waals surface area contributed by atoms with Gasteiger partial charge in [0.25, 0.3) is 0 Å². The summed E-state index contributed by atoms with van der Waals surface area (Å²) in [6, 6.07) is -4.39. The molecular weight excluding hydrogens is 505 g/mol. The Morgan fingerprint density at radius 1 is 0.484 bits per heavy atom. The van der Waals surface area contributed by atoms with Crippen LogP contribution in [-0.2, 0) is 28.8 Å². The number of aliphatic carboxylic acids is 6. The molecule has 0 amide bonds. The van der Waals surface area contributed by atoms with Crippen LogP contribution in [0.1, 0.15) is 19.3 Å². The first-order valence-corrected chi connectivity index (χ1v) is 6.60. The molecule has 6 radical (unpaired) electrons. The summed E-state index contributed by atoms with van der Waals surface area (Å²) >= 11 is 0. The first kappa shape index (κ1) is 49.6. The van der Waals surface area contributed by atoms with Crippen molar-refractivity contribution in [2.45, 2.75) is 37.4 Å². The molecule has 0 bridgehead atoms. The van der Waals surface area contributed by atoms with E-state index >= 15 is 0 Å². The molecule has 19 heteroatoms. The zero-order valence-electron chi connectivity index (χ0n) is 16.9. The summed E-state index contributed by atoms with van der Waals surface area (Å²) < 4.78 is 0. The predicted molar refractivity (Wildman–Crippen MR) is 90.8 cm³/mol.